The molecule has 0 aliphatic carbocycles. The summed E-state index contributed by atoms with van der Waals surface area (Å²) in [5.74, 6) is -2.79. The van der Waals surface area contributed by atoms with Crippen molar-refractivity contribution in [1.82, 2.24) is 25.3 Å². The molecule has 2 heterocycles. The van der Waals surface area contributed by atoms with E-state index in [9.17, 15) is 27.6 Å². The second kappa shape index (κ2) is 7.77. The zero-order chi connectivity index (χ0) is 22.1. The van der Waals surface area contributed by atoms with Crippen LogP contribution in [0.15, 0.2) is 35.3 Å². The highest BCUT2D eigenvalue weighted by atomic mass is 19.4. The number of hydrogen-bond donors (Lipinski definition) is 3. The van der Waals surface area contributed by atoms with Gasteiger partial charge in [0.2, 0.25) is 5.95 Å². The minimum absolute atomic E-state index is 0.0902. The number of nitrogens with zero attached hydrogens (tertiary/aromatic N) is 4. The topological polar surface area (TPSA) is 147 Å². The molecular formula is C17H14F3N7O3. The molecule has 3 rings (SSSR count). The van der Waals surface area contributed by atoms with Gasteiger partial charge in [-0.3, -0.25) is 24.3 Å². The van der Waals surface area contributed by atoms with Gasteiger partial charge in [-0.15, -0.1) is 0 Å². The summed E-state index contributed by atoms with van der Waals surface area (Å²) in [6.45, 7) is -0.635. The number of halogens is 3. The van der Waals surface area contributed by atoms with E-state index in [4.69, 9.17) is 5.73 Å². The molecule has 10 nitrogen and oxygen atoms in total. The molecule has 0 saturated carbocycles. The lowest BCUT2D eigenvalue weighted by atomic mass is 10.1. The van der Waals surface area contributed by atoms with Crippen LogP contribution >= 0.6 is 0 Å². The zero-order valence-corrected chi connectivity index (χ0v) is 15.3. The number of anilines is 2. The Hall–Kier alpha value is -4.03. The van der Waals surface area contributed by atoms with E-state index in [1.165, 1.54) is 31.3 Å². The number of benzene rings is 1. The molecule has 0 fully saturated rings. The van der Waals surface area contributed by atoms with Crippen molar-refractivity contribution in [3.05, 3.63) is 52.1 Å². The molecule has 13 heteroatoms. The summed E-state index contributed by atoms with van der Waals surface area (Å²) in [4.78, 5) is 49.8. The summed E-state index contributed by atoms with van der Waals surface area (Å²) in [7, 11) is 1.40. The Morgan fingerprint density at radius 2 is 1.87 bits per heavy atom. The fourth-order valence-electron chi connectivity index (χ4n) is 2.58. The van der Waals surface area contributed by atoms with Crippen molar-refractivity contribution in [2.45, 2.75) is 12.7 Å². The summed E-state index contributed by atoms with van der Waals surface area (Å²) >= 11 is 0. The van der Waals surface area contributed by atoms with Gasteiger partial charge in [0.15, 0.2) is 11.2 Å². The van der Waals surface area contributed by atoms with E-state index < -0.39 is 30.1 Å². The first-order valence-corrected chi connectivity index (χ1v) is 8.32. The smallest absolute Gasteiger partial charge is 0.369 e. The maximum absolute atomic E-state index is 13.1. The number of amides is 2. The number of aromatic amines is 1. The van der Waals surface area contributed by atoms with Crippen molar-refractivity contribution in [3.8, 4) is 0 Å². The maximum Gasteiger partial charge on any atom is 0.471 e. The van der Waals surface area contributed by atoms with Crippen molar-refractivity contribution in [1.29, 1.82) is 0 Å². The minimum atomic E-state index is -5.17. The van der Waals surface area contributed by atoms with Crippen LogP contribution < -0.4 is 21.5 Å². The van der Waals surface area contributed by atoms with Gasteiger partial charge in [0.25, 0.3) is 11.5 Å². The Morgan fingerprint density at radius 3 is 2.47 bits per heavy atom. The van der Waals surface area contributed by atoms with E-state index in [2.05, 4.69) is 25.3 Å². The van der Waals surface area contributed by atoms with Gasteiger partial charge in [0.1, 0.15) is 0 Å². The van der Waals surface area contributed by atoms with E-state index in [0.29, 0.717) is 4.90 Å². The third kappa shape index (κ3) is 4.19. The standard InChI is InChI=1S/C17H14F3N7O3/c1-22-13(28)8-2-4-10(5-3-8)27(15(30)17(18,19)20)7-9-6-23-12-11(24-9)14(29)26-16(21)25-12/h2-6H,7H2,1H3,(H,22,28)(H3,21,23,25,26,29). The fraction of sp³-hybridized carbons (Fsp3) is 0.176. The summed E-state index contributed by atoms with van der Waals surface area (Å²) in [5, 5.41) is 2.38. The van der Waals surface area contributed by atoms with Gasteiger partial charge < -0.3 is 11.1 Å². The summed E-state index contributed by atoms with van der Waals surface area (Å²) in [6, 6.07) is 4.93. The summed E-state index contributed by atoms with van der Waals surface area (Å²) in [6.07, 6.45) is -4.08. The largest absolute Gasteiger partial charge is 0.471 e. The van der Waals surface area contributed by atoms with Crippen LogP contribution in [0.3, 0.4) is 0 Å². The van der Waals surface area contributed by atoms with Crippen LogP contribution in [0.5, 0.6) is 0 Å². The zero-order valence-electron chi connectivity index (χ0n) is 15.3. The third-order valence-electron chi connectivity index (χ3n) is 3.96. The lowest BCUT2D eigenvalue weighted by Crippen LogP contribution is -2.41. The Balaban J connectivity index is 2.01. The van der Waals surface area contributed by atoms with Gasteiger partial charge in [-0.25, -0.2) is 9.97 Å². The Morgan fingerprint density at radius 1 is 1.20 bits per heavy atom. The van der Waals surface area contributed by atoms with Crippen molar-refractivity contribution < 1.29 is 22.8 Å². The van der Waals surface area contributed by atoms with E-state index in [-0.39, 0.29) is 34.1 Å². The van der Waals surface area contributed by atoms with Crippen LogP contribution in [-0.2, 0) is 11.3 Å². The number of alkyl halides is 3. The number of aromatic nitrogens is 4. The van der Waals surface area contributed by atoms with Crippen molar-refractivity contribution >= 4 is 34.6 Å². The molecule has 0 atom stereocenters. The monoisotopic (exact) mass is 421 g/mol. The molecule has 0 spiro atoms. The highest BCUT2D eigenvalue weighted by Gasteiger charge is 2.43. The van der Waals surface area contributed by atoms with Crippen LogP contribution in [0.1, 0.15) is 16.1 Å². The Kier molecular flexibility index (Phi) is 5.36. The molecular weight excluding hydrogens is 407 g/mol. The van der Waals surface area contributed by atoms with Crippen LogP contribution in [0, 0.1) is 0 Å². The number of rotatable bonds is 4. The number of carbonyl (C=O) groups excluding carboxylic acids is 2. The molecule has 3 aromatic rings. The highest BCUT2D eigenvalue weighted by molar-refractivity contribution is 5.98. The molecule has 2 amide bonds. The molecule has 30 heavy (non-hydrogen) atoms. The molecule has 0 unspecified atom stereocenters. The van der Waals surface area contributed by atoms with E-state index in [1.807, 2.05) is 0 Å². The van der Waals surface area contributed by atoms with Crippen LogP contribution in [-0.4, -0.2) is 45.0 Å². The molecule has 2 aromatic heterocycles. The number of nitrogens with one attached hydrogen (secondary N) is 2. The number of H-pyrrole nitrogens is 1. The van der Waals surface area contributed by atoms with Crippen molar-refractivity contribution in [2.75, 3.05) is 17.7 Å². The first-order chi connectivity index (χ1) is 14.1. The molecule has 156 valence electrons. The number of carbonyl (C=O) groups is 2. The van der Waals surface area contributed by atoms with Crippen LogP contribution in [0.25, 0.3) is 11.2 Å². The van der Waals surface area contributed by atoms with E-state index >= 15 is 0 Å². The first-order valence-electron chi connectivity index (χ1n) is 8.32. The fourth-order valence-corrected chi connectivity index (χ4v) is 2.58. The number of nitrogen functional groups attached to an aromatic ring is 1. The lowest BCUT2D eigenvalue weighted by Gasteiger charge is -2.23. The predicted octanol–water partition coefficient (Wildman–Crippen LogP) is 0.750. The molecule has 1 aromatic carbocycles. The summed E-state index contributed by atoms with van der Waals surface area (Å²) < 4.78 is 39.4. The lowest BCUT2D eigenvalue weighted by molar-refractivity contribution is -0.170. The van der Waals surface area contributed by atoms with Crippen molar-refractivity contribution in [2.24, 2.45) is 0 Å². The summed E-state index contributed by atoms with van der Waals surface area (Å²) in [5.41, 5.74) is 4.33. The highest BCUT2D eigenvalue weighted by Crippen LogP contribution is 2.25. The predicted molar refractivity (Wildman–Crippen MR) is 99.4 cm³/mol. The minimum Gasteiger partial charge on any atom is -0.369 e. The Labute approximate surface area is 166 Å². The molecule has 0 bridgehead atoms. The Bertz CT molecular complexity index is 1180. The maximum atomic E-state index is 13.1. The molecule has 4 N–H and O–H groups in total. The van der Waals surface area contributed by atoms with Gasteiger partial charge in [-0.05, 0) is 24.3 Å². The van der Waals surface area contributed by atoms with Gasteiger partial charge in [-0.2, -0.15) is 18.2 Å². The average Bonchev–Trinajstić information content (AvgIpc) is 2.70. The second-order valence-corrected chi connectivity index (χ2v) is 6.00. The first kappa shape index (κ1) is 20.7. The normalized spacial score (nSPS) is 11.3. The number of fused-ring (bicyclic) bond motifs is 1. The quantitative estimate of drug-likeness (QED) is 0.563. The number of hydrogen-bond acceptors (Lipinski definition) is 7. The van der Waals surface area contributed by atoms with Gasteiger partial charge in [-0.1, -0.05) is 0 Å². The average molecular weight is 421 g/mol. The van der Waals surface area contributed by atoms with E-state index in [0.717, 1.165) is 6.20 Å². The third-order valence-corrected chi connectivity index (χ3v) is 3.96. The molecule has 0 radical (unpaired) electrons. The van der Waals surface area contributed by atoms with Crippen molar-refractivity contribution in [3.63, 3.8) is 0 Å². The van der Waals surface area contributed by atoms with Gasteiger partial charge in [0, 0.05) is 18.3 Å². The van der Waals surface area contributed by atoms with Crippen LogP contribution in [0.4, 0.5) is 24.8 Å². The number of nitrogens with two attached hydrogens (primary N) is 1. The molecule has 0 saturated heterocycles. The molecule has 0 aliphatic rings. The second-order valence-electron chi connectivity index (χ2n) is 6.00. The van der Waals surface area contributed by atoms with Gasteiger partial charge in [0.05, 0.1) is 18.4 Å². The van der Waals surface area contributed by atoms with E-state index in [1.54, 1.807) is 0 Å². The van der Waals surface area contributed by atoms with Crippen LogP contribution in [0.2, 0.25) is 0 Å². The molecule has 0 aliphatic heterocycles. The van der Waals surface area contributed by atoms with Gasteiger partial charge >= 0.3 is 12.1 Å². The SMILES string of the molecule is CNC(=O)c1ccc(N(Cc2cnc3nc(N)[nH]c(=O)c3n2)C(=O)C(F)(F)F)cc1.